The number of hydrogen-bond donors (Lipinski definition) is 2. The van der Waals surface area contributed by atoms with Crippen LogP contribution < -0.4 is 16.0 Å². The summed E-state index contributed by atoms with van der Waals surface area (Å²) in [6.45, 7) is 2.25. The first-order valence-electron chi connectivity index (χ1n) is 8.51. The van der Waals surface area contributed by atoms with Crippen molar-refractivity contribution >= 4 is 23.2 Å². The van der Waals surface area contributed by atoms with Crippen LogP contribution in [0.3, 0.4) is 0 Å². The number of anilines is 2. The molecule has 1 aromatic rings. The molecule has 0 bridgehead atoms. The predicted octanol–water partition coefficient (Wildman–Crippen LogP) is 2.44. The van der Waals surface area contributed by atoms with Gasteiger partial charge in [-0.1, -0.05) is 12.5 Å². The zero-order chi connectivity index (χ0) is 16.4. The fourth-order valence-electron chi connectivity index (χ4n) is 3.84. The highest BCUT2D eigenvalue weighted by Crippen LogP contribution is 2.35. The molecule has 2 amide bonds. The zero-order valence-corrected chi connectivity index (χ0v) is 13.7. The Hall–Kier alpha value is -1.88. The van der Waals surface area contributed by atoms with E-state index in [1.165, 1.54) is 6.92 Å². The average Bonchev–Trinajstić information content (AvgIpc) is 2.91. The number of nitrogens with one attached hydrogen (secondary N) is 1. The molecule has 124 valence electrons. The maximum atomic E-state index is 12.8. The van der Waals surface area contributed by atoms with Crippen LogP contribution in [0.15, 0.2) is 18.2 Å². The molecule has 0 radical (unpaired) electrons. The number of nitrogens with two attached hydrogens (primary N) is 1. The summed E-state index contributed by atoms with van der Waals surface area (Å²) in [6.07, 6.45) is 5.55. The van der Waals surface area contributed by atoms with E-state index in [0.29, 0.717) is 12.3 Å². The maximum Gasteiger partial charge on any atom is 0.227 e. The number of amides is 2. The molecule has 0 unspecified atom stereocenters. The smallest absolute Gasteiger partial charge is 0.227 e. The molecule has 1 aromatic carbocycles. The van der Waals surface area contributed by atoms with Gasteiger partial charge in [0, 0.05) is 37.3 Å². The van der Waals surface area contributed by atoms with Crippen molar-refractivity contribution in [2.24, 2.45) is 11.7 Å². The molecule has 1 heterocycles. The molecule has 0 saturated heterocycles. The highest BCUT2D eigenvalue weighted by atomic mass is 16.2. The third-order valence-corrected chi connectivity index (χ3v) is 5.02. The Kier molecular flexibility index (Phi) is 4.66. The molecule has 1 saturated carbocycles. The third-order valence-electron chi connectivity index (χ3n) is 5.02. The lowest BCUT2D eigenvalue weighted by Crippen LogP contribution is -2.38. The number of carbonyl (C=O) groups is 2. The number of hydrogen-bond acceptors (Lipinski definition) is 3. The Morgan fingerprint density at radius 3 is 2.83 bits per heavy atom. The molecular weight excluding hydrogens is 290 g/mol. The quantitative estimate of drug-likeness (QED) is 0.899. The lowest BCUT2D eigenvalue weighted by molar-refractivity contribution is -0.119. The summed E-state index contributed by atoms with van der Waals surface area (Å²) >= 11 is 0. The van der Waals surface area contributed by atoms with Crippen molar-refractivity contribution in [2.75, 3.05) is 16.8 Å². The maximum absolute atomic E-state index is 12.8. The molecule has 2 atom stereocenters. The van der Waals surface area contributed by atoms with Gasteiger partial charge in [-0.05, 0) is 49.3 Å². The van der Waals surface area contributed by atoms with Crippen molar-refractivity contribution in [2.45, 2.75) is 51.5 Å². The van der Waals surface area contributed by atoms with Crippen molar-refractivity contribution < 1.29 is 9.59 Å². The van der Waals surface area contributed by atoms with Crippen LogP contribution in [0.5, 0.6) is 0 Å². The van der Waals surface area contributed by atoms with E-state index >= 15 is 0 Å². The van der Waals surface area contributed by atoms with Gasteiger partial charge < -0.3 is 16.0 Å². The van der Waals surface area contributed by atoms with Crippen LogP contribution in [-0.2, 0) is 16.0 Å². The largest absolute Gasteiger partial charge is 0.327 e. The first-order chi connectivity index (χ1) is 11.1. The van der Waals surface area contributed by atoms with Crippen LogP contribution in [0.4, 0.5) is 11.4 Å². The summed E-state index contributed by atoms with van der Waals surface area (Å²) in [4.78, 5) is 26.0. The van der Waals surface area contributed by atoms with Gasteiger partial charge in [-0.25, -0.2) is 0 Å². The summed E-state index contributed by atoms with van der Waals surface area (Å²) in [5.74, 6) is 0.387. The highest BCUT2D eigenvalue weighted by Gasteiger charge is 2.30. The molecule has 3 N–H and O–H groups in total. The molecule has 5 heteroatoms. The highest BCUT2D eigenvalue weighted by molar-refractivity contribution is 5.97. The van der Waals surface area contributed by atoms with E-state index in [1.54, 1.807) is 0 Å². The molecule has 5 nitrogen and oxygen atoms in total. The molecule has 23 heavy (non-hydrogen) atoms. The van der Waals surface area contributed by atoms with E-state index in [4.69, 9.17) is 5.73 Å². The molecule has 0 aromatic heterocycles. The van der Waals surface area contributed by atoms with Crippen LogP contribution in [0.2, 0.25) is 0 Å². The molecule has 0 spiro atoms. The van der Waals surface area contributed by atoms with Crippen molar-refractivity contribution in [3.63, 3.8) is 0 Å². The number of nitrogens with zero attached hydrogens (tertiary/aromatic N) is 1. The minimum atomic E-state index is -0.0845. The summed E-state index contributed by atoms with van der Waals surface area (Å²) in [5.41, 5.74) is 8.95. The lowest BCUT2D eigenvalue weighted by Gasteiger charge is -2.32. The van der Waals surface area contributed by atoms with Crippen LogP contribution in [-0.4, -0.2) is 24.4 Å². The van der Waals surface area contributed by atoms with Crippen LogP contribution in [0.25, 0.3) is 0 Å². The lowest BCUT2D eigenvalue weighted by atomic mass is 9.96. The molecule has 3 rings (SSSR count). The zero-order valence-electron chi connectivity index (χ0n) is 13.7. The Labute approximate surface area is 137 Å². The second-order valence-corrected chi connectivity index (χ2v) is 6.69. The van der Waals surface area contributed by atoms with Crippen molar-refractivity contribution in [1.29, 1.82) is 0 Å². The third kappa shape index (κ3) is 3.39. The van der Waals surface area contributed by atoms with Gasteiger partial charge in [0.05, 0.1) is 0 Å². The number of benzene rings is 1. The van der Waals surface area contributed by atoms with E-state index in [0.717, 1.165) is 55.6 Å². The van der Waals surface area contributed by atoms with Gasteiger partial charge >= 0.3 is 0 Å². The predicted molar refractivity (Wildman–Crippen MR) is 91.4 cm³/mol. The first kappa shape index (κ1) is 16.0. The monoisotopic (exact) mass is 315 g/mol. The fourth-order valence-corrected chi connectivity index (χ4v) is 3.84. The van der Waals surface area contributed by atoms with Crippen molar-refractivity contribution in [3.8, 4) is 0 Å². The average molecular weight is 315 g/mol. The summed E-state index contributed by atoms with van der Waals surface area (Å²) in [5, 5.41) is 2.88. The van der Waals surface area contributed by atoms with Crippen LogP contribution in [0.1, 0.15) is 44.6 Å². The van der Waals surface area contributed by atoms with Gasteiger partial charge in [-0.2, -0.15) is 0 Å². The number of rotatable bonds is 3. The van der Waals surface area contributed by atoms with E-state index in [2.05, 4.69) is 5.32 Å². The van der Waals surface area contributed by atoms with Gasteiger partial charge in [-0.15, -0.1) is 0 Å². The van der Waals surface area contributed by atoms with Gasteiger partial charge in [0.25, 0.3) is 0 Å². The van der Waals surface area contributed by atoms with Crippen molar-refractivity contribution in [3.05, 3.63) is 23.8 Å². The Balaban J connectivity index is 1.80. The minimum Gasteiger partial charge on any atom is -0.327 e. The van der Waals surface area contributed by atoms with Crippen LogP contribution in [0, 0.1) is 5.92 Å². The van der Waals surface area contributed by atoms with Crippen LogP contribution >= 0.6 is 0 Å². The standard InChI is InChI=1S/C18H25N3O2/c1-12(22)20-16-8-3-9-17-14(16)6-4-10-21(17)18(23)11-13-5-2-7-15(13)19/h3,8-9,13,15H,2,4-7,10-11,19H2,1H3,(H,20,22)/t13-,15+/m0/s1. The van der Waals surface area contributed by atoms with Crippen molar-refractivity contribution in [1.82, 2.24) is 0 Å². The fraction of sp³-hybridized carbons (Fsp3) is 0.556. The van der Waals surface area contributed by atoms with E-state index in [9.17, 15) is 9.59 Å². The number of fused-ring (bicyclic) bond motifs is 1. The molecular formula is C18H25N3O2. The van der Waals surface area contributed by atoms with E-state index < -0.39 is 0 Å². The summed E-state index contributed by atoms with van der Waals surface area (Å²) in [7, 11) is 0. The van der Waals surface area contributed by atoms with E-state index in [-0.39, 0.29) is 17.9 Å². The van der Waals surface area contributed by atoms with Gasteiger partial charge in [0.1, 0.15) is 0 Å². The SMILES string of the molecule is CC(=O)Nc1cccc2c1CCCN2C(=O)C[C@@H]1CCC[C@H]1N. The summed E-state index contributed by atoms with van der Waals surface area (Å²) < 4.78 is 0. The van der Waals surface area contributed by atoms with Gasteiger partial charge in [0.15, 0.2) is 0 Å². The Bertz CT molecular complexity index is 614. The molecule has 1 aliphatic carbocycles. The molecule has 2 aliphatic rings. The van der Waals surface area contributed by atoms with Gasteiger partial charge in [0.2, 0.25) is 11.8 Å². The molecule has 1 aliphatic heterocycles. The second-order valence-electron chi connectivity index (χ2n) is 6.69. The Morgan fingerprint density at radius 1 is 1.30 bits per heavy atom. The Morgan fingerprint density at radius 2 is 2.13 bits per heavy atom. The minimum absolute atomic E-state index is 0.0845. The topological polar surface area (TPSA) is 75.4 Å². The van der Waals surface area contributed by atoms with Gasteiger partial charge in [-0.3, -0.25) is 9.59 Å². The second kappa shape index (κ2) is 6.71. The molecule has 1 fully saturated rings. The summed E-state index contributed by atoms with van der Waals surface area (Å²) in [6, 6.07) is 5.94. The number of carbonyl (C=O) groups excluding carboxylic acids is 2. The normalized spacial score (nSPS) is 23.5. The first-order valence-corrected chi connectivity index (χ1v) is 8.51. The van der Waals surface area contributed by atoms with E-state index in [1.807, 2.05) is 23.1 Å².